The van der Waals surface area contributed by atoms with Crippen molar-refractivity contribution in [3.05, 3.63) is 45.7 Å². The molecule has 3 heteroatoms. The van der Waals surface area contributed by atoms with E-state index in [2.05, 4.69) is 29.4 Å². The van der Waals surface area contributed by atoms with Crippen molar-refractivity contribution in [2.24, 2.45) is 0 Å². The van der Waals surface area contributed by atoms with E-state index in [0.717, 1.165) is 10.5 Å². The molecule has 0 saturated carbocycles. The molecule has 0 amide bonds. The number of aromatic nitrogens is 1. The Labute approximate surface area is 103 Å². The van der Waals surface area contributed by atoms with Crippen molar-refractivity contribution in [1.29, 1.82) is 0 Å². The molecule has 0 atom stereocenters. The van der Waals surface area contributed by atoms with Gasteiger partial charge >= 0.3 is 0 Å². The highest BCUT2D eigenvalue weighted by Gasteiger charge is 2.07. The van der Waals surface area contributed by atoms with Crippen molar-refractivity contribution in [3.63, 3.8) is 0 Å². The molecule has 1 aromatic carbocycles. The Morgan fingerprint density at radius 3 is 2.88 bits per heavy atom. The number of nitrogens with one attached hydrogen (secondary N) is 1. The zero-order valence-electron chi connectivity index (χ0n) is 8.75. The minimum atomic E-state index is 0.766. The van der Waals surface area contributed by atoms with Crippen LogP contribution in [0.1, 0.15) is 4.88 Å². The van der Waals surface area contributed by atoms with Gasteiger partial charge in [-0.3, -0.25) is 0 Å². The first kappa shape index (κ1) is 9.94. The molecule has 0 bridgehead atoms. The number of fused-ring (bicyclic) bond motifs is 1. The molecule has 80 valence electrons. The van der Waals surface area contributed by atoms with Gasteiger partial charge in [0.15, 0.2) is 0 Å². The number of rotatable bonds is 1. The lowest BCUT2D eigenvalue weighted by Crippen LogP contribution is -1.70. The molecule has 0 fully saturated rings. The SMILES string of the molecule is Cc1cc(-c2c[nH]c3cc(Cl)ccc23)cs1. The van der Waals surface area contributed by atoms with E-state index in [1.54, 1.807) is 11.3 Å². The molecular weight excluding hydrogens is 238 g/mol. The van der Waals surface area contributed by atoms with Gasteiger partial charge in [0.1, 0.15) is 0 Å². The Morgan fingerprint density at radius 1 is 1.25 bits per heavy atom. The number of benzene rings is 1. The van der Waals surface area contributed by atoms with Crippen molar-refractivity contribution >= 4 is 33.8 Å². The van der Waals surface area contributed by atoms with Crippen molar-refractivity contribution in [3.8, 4) is 11.1 Å². The van der Waals surface area contributed by atoms with Crippen LogP contribution in [-0.2, 0) is 0 Å². The highest BCUT2D eigenvalue weighted by atomic mass is 35.5. The molecule has 3 rings (SSSR count). The summed E-state index contributed by atoms with van der Waals surface area (Å²) in [6, 6.07) is 8.17. The van der Waals surface area contributed by atoms with Gasteiger partial charge in [-0.05, 0) is 36.1 Å². The molecule has 0 spiro atoms. The summed E-state index contributed by atoms with van der Waals surface area (Å²) in [5.41, 5.74) is 3.61. The molecule has 1 nitrogen and oxygen atoms in total. The molecule has 2 aromatic heterocycles. The summed E-state index contributed by atoms with van der Waals surface area (Å²) in [5.74, 6) is 0. The molecule has 0 unspecified atom stereocenters. The summed E-state index contributed by atoms with van der Waals surface area (Å²) in [7, 11) is 0. The van der Waals surface area contributed by atoms with Crippen LogP contribution in [0.4, 0.5) is 0 Å². The highest BCUT2D eigenvalue weighted by molar-refractivity contribution is 7.10. The zero-order chi connectivity index (χ0) is 11.1. The summed E-state index contributed by atoms with van der Waals surface area (Å²) in [4.78, 5) is 4.59. The first-order valence-electron chi connectivity index (χ1n) is 5.06. The molecule has 0 saturated heterocycles. The van der Waals surface area contributed by atoms with E-state index in [0.29, 0.717) is 0 Å². The lowest BCUT2D eigenvalue weighted by Gasteiger charge is -1.95. The average molecular weight is 248 g/mol. The van der Waals surface area contributed by atoms with Crippen molar-refractivity contribution < 1.29 is 0 Å². The van der Waals surface area contributed by atoms with Crippen LogP contribution in [0.25, 0.3) is 22.0 Å². The third-order valence-corrected chi connectivity index (χ3v) is 3.78. The first-order valence-corrected chi connectivity index (χ1v) is 6.32. The number of hydrogen-bond donors (Lipinski definition) is 1. The van der Waals surface area contributed by atoms with Crippen LogP contribution in [0, 0.1) is 6.92 Å². The second-order valence-corrected chi connectivity index (χ2v) is 5.39. The number of aromatic amines is 1. The van der Waals surface area contributed by atoms with Gasteiger partial charge in [-0.2, -0.15) is 0 Å². The maximum atomic E-state index is 5.96. The number of H-pyrrole nitrogens is 1. The monoisotopic (exact) mass is 247 g/mol. The molecule has 0 aliphatic rings. The summed E-state index contributed by atoms with van der Waals surface area (Å²) >= 11 is 7.73. The van der Waals surface area contributed by atoms with Crippen LogP contribution >= 0.6 is 22.9 Å². The zero-order valence-corrected chi connectivity index (χ0v) is 10.3. The lowest BCUT2D eigenvalue weighted by molar-refractivity contribution is 1.47. The number of hydrogen-bond acceptors (Lipinski definition) is 1. The van der Waals surface area contributed by atoms with Gasteiger partial charge in [-0.1, -0.05) is 17.7 Å². The van der Waals surface area contributed by atoms with E-state index in [9.17, 15) is 0 Å². The number of thiophene rings is 1. The molecule has 0 aliphatic heterocycles. The minimum absolute atomic E-state index is 0.766. The highest BCUT2D eigenvalue weighted by Crippen LogP contribution is 2.32. The predicted molar refractivity (Wildman–Crippen MR) is 71.4 cm³/mol. The fourth-order valence-corrected chi connectivity index (χ4v) is 2.80. The second-order valence-electron chi connectivity index (χ2n) is 3.84. The fraction of sp³-hybridized carbons (Fsp3) is 0.0769. The van der Waals surface area contributed by atoms with Gasteiger partial charge in [-0.25, -0.2) is 0 Å². The predicted octanol–water partition coefficient (Wildman–Crippen LogP) is 4.86. The molecule has 0 radical (unpaired) electrons. The van der Waals surface area contributed by atoms with E-state index in [1.807, 2.05) is 18.3 Å². The standard InChI is InChI=1S/C13H10ClNS/c1-8-4-9(7-16-8)12-6-15-13-5-10(14)2-3-11(12)13/h2-7,15H,1H3. The molecule has 16 heavy (non-hydrogen) atoms. The third kappa shape index (κ3) is 1.55. The molecule has 2 heterocycles. The Bertz CT molecular complexity index is 651. The van der Waals surface area contributed by atoms with Crippen molar-refractivity contribution in [1.82, 2.24) is 4.98 Å². The number of aryl methyl sites for hydroxylation is 1. The topological polar surface area (TPSA) is 15.8 Å². The van der Waals surface area contributed by atoms with Gasteiger partial charge in [0, 0.05) is 32.6 Å². The Morgan fingerprint density at radius 2 is 2.12 bits per heavy atom. The minimum Gasteiger partial charge on any atom is -0.360 e. The van der Waals surface area contributed by atoms with E-state index in [-0.39, 0.29) is 0 Å². The molecule has 1 N–H and O–H groups in total. The normalized spacial score (nSPS) is 11.1. The van der Waals surface area contributed by atoms with Crippen molar-refractivity contribution in [2.75, 3.05) is 0 Å². The van der Waals surface area contributed by atoms with Crippen LogP contribution in [0.2, 0.25) is 5.02 Å². The summed E-state index contributed by atoms with van der Waals surface area (Å²) in [6.07, 6.45) is 2.04. The van der Waals surface area contributed by atoms with Gasteiger partial charge in [0.05, 0.1) is 0 Å². The van der Waals surface area contributed by atoms with Crippen LogP contribution in [0.3, 0.4) is 0 Å². The van der Waals surface area contributed by atoms with Gasteiger partial charge < -0.3 is 4.98 Å². The van der Waals surface area contributed by atoms with Crippen LogP contribution < -0.4 is 0 Å². The summed E-state index contributed by atoms with van der Waals surface area (Å²) in [6.45, 7) is 2.12. The van der Waals surface area contributed by atoms with Gasteiger partial charge in [0.2, 0.25) is 0 Å². The first-order chi connectivity index (χ1) is 7.74. The van der Waals surface area contributed by atoms with Gasteiger partial charge in [0.25, 0.3) is 0 Å². The van der Waals surface area contributed by atoms with Gasteiger partial charge in [-0.15, -0.1) is 11.3 Å². The summed E-state index contributed by atoms with van der Waals surface area (Å²) in [5, 5.41) is 4.18. The smallest absolute Gasteiger partial charge is 0.0475 e. The average Bonchev–Trinajstić information content (AvgIpc) is 2.83. The fourth-order valence-electron chi connectivity index (χ4n) is 1.92. The largest absolute Gasteiger partial charge is 0.360 e. The second kappa shape index (κ2) is 3.65. The van der Waals surface area contributed by atoms with E-state index in [4.69, 9.17) is 11.6 Å². The molecule has 3 aromatic rings. The molecular formula is C13H10ClNS. The number of halogens is 1. The van der Waals surface area contributed by atoms with E-state index < -0.39 is 0 Å². The lowest BCUT2D eigenvalue weighted by atomic mass is 10.1. The Hall–Kier alpha value is -1.25. The molecule has 0 aliphatic carbocycles. The van der Waals surface area contributed by atoms with Crippen LogP contribution in [0.15, 0.2) is 35.8 Å². The van der Waals surface area contributed by atoms with Crippen molar-refractivity contribution in [2.45, 2.75) is 6.92 Å². The van der Waals surface area contributed by atoms with E-state index in [1.165, 1.54) is 21.4 Å². The van der Waals surface area contributed by atoms with E-state index >= 15 is 0 Å². The van der Waals surface area contributed by atoms with Crippen LogP contribution in [-0.4, -0.2) is 4.98 Å². The Balaban J connectivity index is 2.25. The van der Waals surface area contributed by atoms with Crippen LogP contribution in [0.5, 0.6) is 0 Å². The maximum absolute atomic E-state index is 5.96. The summed E-state index contributed by atoms with van der Waals surface area (Å²) < 4.78 is 0. The maximum Gasteiger partial charge on any atom is 0.0475 e. The third-order valence-electron chi connectivity index (χ3n) is 2.69. The Kier molecular flexibility index (Phi) is 2.27. The quantitative estimate of drug-likeness (QED) is 0.632.